The quantitative estimate of drug-likeness (QED) is 0.777. The van der Waals surface area contributed by atoms with E-state index in [0.717, 1.165) is 12.1 Å². The minimum Gasteiger partial charge on any atom is -0.371 e. The van der Waals surface area contributed by atoms with Gasteiger partial charge < -0.3 is 21.1 Å². The molecular formula is C13H17Cl2N3O2. The normalized spacial score (nSPS) is 23.3. The lowest BCUT2D eigenvalue weighted by molar-refractivity contribution is -0.117. The zero-order valence-corrected chi connectivity index (χ0v) is 12.4. The van der Waals surface area contributed by atoms with Gasteiger partial charge in [0.2, 0.25) is 5.91 Å². The Morgan fingerprint density at radius 1 is 1.45 bits per heavy atom. The summed E-state index contributed by atoms with van der Waals surface area (Å²) in [7, 11) is 0. The van der Waals surface area contributed by atoms with Crippen LogP contribution in [-0.2, 0) is 9.53 Å². The number of hydrogen-bond donors (Lipinski definition) is 3. The molecular weight excluding hydrogens is 301 g/mol. The molecule has 20 heavy (non-hydrogen) atoms. The van der Waals surface area contributed by atoms with E-state index in [1.165, 1.54) is 0 Å². The van der Waals surface area contributed by atoms with Crippen LogP contribution in [0.5, 0.6) is 0 Å². The first-order valence-electron chi connectivity index (χ1n) is 6.37. The first-order chi connectivity index (χ1) is 9.58. The van der Waals surface area contributed by atoms with E-state index in [9.17, 15) is 4.79 Å². The number of halogens is 2. The van der Waals surface area contributed by atoms with E-state index in [-0.39, 0.29) is 18.7 Å². The number of benzene rings is 1. The van der Waals surface area contributed by atoms with Gasteiger partial charge >= 0.3 is 0 Å². The van der Waals surface area contributed by atoms with Crippen LogP contribution in [0.3, 0.4) is 0 Å². The van der Waals surface area contributed by atoms with Crippen molar-refractivity contribution in [2.24, 2.45) is 5.73 Å². The molecule has 1 amide bonds. The molecule has 0 aromatic heterocycles. The predicted octanol–water partition coefficient (Wildman–Crippen LogP) is 1.10. The van der Waals surface area contributed by atoms with Crippen molar-refractivity contribution in [1.82, 2.24) is 10.6 Å². The van der Waals surface area contributed by atoms with Gasteiger partial charge in [-0.25, -0.2) is 0 Å². The highest BCUT2D eigenvalue weighted by molar-refractivity contribution is 6.42. The molecule has 7 heteroatoms. The highest BCUT2D eigenvalue weighted by Crippen LogP contribution is 2.29. The van der Waals surface area contributed by atoms with Crippen LogP contribution in [0.15, 0.2) is 18.2 Å². The van der Waals surface area contributed by atoms with E-state index in [2.05, 4.69) is 10.6 Å². The molecule has 1 fully saturated rings. The van der Waals surface area contributed by atoms with Gasteiger partial charge in [-0.2, -0.15) is 0 Å². The molecule has 1 saturated heterocycles. The summed E-state index contributed by atoms with van der Waals surface area (Å²) >= 11 is 12.0. The molecule has 2 atom stereocenters. The van der Waals surface area contributed by atoms with E-state index >= 15 is 0 Å². The molecule has 1 aliphatic rings. The van der Waals surface area contributed by atoms with E-state index in [1.807, 2.05) is 6.07 Å². The summed E-state index contributed by atoms with van der Waals surface area (Å²) in [6.45, 7) is 2.12. The van der Waals surface area contributed by atoms with Crippen LogP contribution in [0.4, 0.5) is 0 Å². The largest absolute Gasteiger partial charge is 0.371 e. The van der Waals surface area contributed by atoms with Crippen molar-refractivity contribution in [3.63, 3.8) is 0 Å². The van der Waals surface area contributed by atoms with Crippen LogP contribution in [0, 0.1) is 0 Å². The fourth-order valence-corrected chi connectivity index (χ4v) is 2.47. The summed E-state index contributed by atoms with van der Waals surface area (Å²) in [6.07, 6.45) is -0.209. The molecule has 0 bridgehead atoms. The lowest BCUT2D eigenvalue weighted by Crippen LogP contribution is -2.45. The van der Waals surface area contributed by atoms with E-state index < -0.39 is 5.91 Å². The second-order valence-electron chi connectivity index (χ2n) is 4.62. The van der Waals surface area contributed by atoms with Crippen molar-refractivity contribution in [1.29, 1.82) is 0 Å². The van der Waals surface area contributed by atoms with Crippen LogP contribution >= 0.6 is 23.2 Å². The molecule has 110 valence electrons. The monoisotopic (exact) mass is 317 g/mol. The molecule has 2 rings (SSSR count). The number of carbonyl (C=O) groups excluding carboxylic acids is 1. The molecule has 4 N–H and O–H groups in total. The molecule has 1 aromatic rings. The fourth-order valence-electron chi connectivity index (χ4n) is 2.17. The number of primary amides is 1. The molecule has 0 aliphatic carbocycles. The van der Waals surface area contributed by atoms with Gasteiger partial charge in [0, 0.05) is 13.1 Å². The summed E-state index contributed by atoms with van der Waals surface area (Å²) in [6, 6.07) is 5.34. The van der Waals surface area contributed by atoms with Crippen LogP contribution in [0.2, 0.25) is 10.0 Å². The lowest BCUT2D eigenvalue weighted by atomic mass is 10.0. The van der Waals surface area contributed by atoms with Gasteiger partial charge in [-0.3, -0.25) is 4.79 Å². The fraction of sp³-hybridized carbons (Fsp3) is 0.462. The molecule has 1 aliphatic heterocycles. The molecule has 0 saturated carbocycles. The molecule has 1 aromatic carbocycles. The molecule has 1 heterocycles. The van der Waals surface area contributed by atoms with Gasteiger partial charge in [-0.15, -0.1) is 0 Å². The number of nitrogens with two attached hydrogens (primary N) is 1. The topological polar surface area (TPSA) is 76.4 Å². The van der Waals surface area contributed by atoms with Crippen molar-refractivity contribution in [3.8, 4) is 0 Å². The third-order valence-corrected chi connectivity index (χ3v) is 3.86. The highest BCUT2D eigenvalue weighted by atomic mass is 35.5. The molecule has 0 unspecified atom stereocenters. The van der Waals surface area contributed by atoms with Crippen molar-refractivity contribution in [2.45, 2.75) is 12.1 Å². The average Bonchev–Trinajstić information content (AvgIpc) is 2.65. The third kappa shape index (κ3) is 4.07. The molecule has 0 spiro atoms. The smallest absolute Gasteiger partial charge is 0.231 e. The number of rotatable bonds is 4. The van der Waals surface area contributed by atoms with Crippen LogP contribution in [-0.4, -0.2) is 38.2 Å². The Morgan fingerprint density at radius 3 is 2.95 bits per heavy atom. The van der Waals surface area contributed by atoms with Crippen molar-refractivity contribution < 1.29 is 9.53 Å². The lowest BCUT2D eigenvalue weighted by Gasteiger charge is -2.26. The number of nitrogens with one attached hydrogen (secondary N) is 2. The maximum Gasteiger partial charge on any atom is 0.231 e. The Bertz CT molecular complexity index is 485. The van der Waals surface area contributed by atoms with Gasteiger partial charge in [0.05, 0.1) is 35.3 Å². The number of hydrogen-bond acceptors (Lipinski definition) is 4. The van der Waals surface area contributed by atoms with E-state index in [4.69, 9.17) is 33.7 Å². The standard InChI is InChI=1S/C13H17Cl2N3O2/c14-9-2-1-8(5-10(9)15)13-11(18-7-12(16)19)6-17-3-4-20-13/h1-2,5,11,13,17-18H,3-4,6-7H2,(H2,16,19)/t11-,13+/m1/s1. The Labute approximate surface area is 127 Å². The first-order valence-corrected chi connectivity index (χ1v) is 7.12. The average molecular weight is 318 g/mol. The predicted molar refractivity (Wildman–Crippen MR) is 79.0 cm³/mol. The first kappa shape index (κ1) is 15.5. The van der Waals surface area contributed by atoms with Crippen LogP contribution in [0.1, 0.15) is 11.7 Å². The van der Waals surface area contributed by atoms with Gasteiger partial charge in [0.25, 0.3) is 0 Å². The summed E-state index contributed by atoms with van der Waals surface area (Å²) in [5.74, 6) is -0.401. The van der Waals surface area contributed by atoms with E-state index in [1.54, 1.807) is 12.1 Å². The third-order valence-electron chi connectivity index (χ3n) is 3.12. The van der Waals surface area contributed by atoms with Crippen molar-refractivity contribution in [3.05, 3.63) is 33.8 Å². The summed E-state index contributed by atoms with van der Waals surface area (Å²) in [4.78, 5) is 10.9. The Kier molecular flexibility index (Phi) is 5.63. The van der Waals surface area contributed by atoms with Gasteiger partial charge in [-0.05, 0) is 17.7 Å². The van der Waals surface area contributed by atoms with Crippen molar-refractivity contribution >= 4 is 29.1 Å². The summed E-state index contributed by atoms with van der Waals surface area (Å²) in [5, 5.41) is 7.34. The SMILES string of the molecule is NC(=O)CN[C@@H]1CNCCO[C@H]1c1ccc(Cl)c(Cl)c1. The number of carbonyl (C=O) groups is 1. The molecule has 0 radical (unpaired) electrons. The molecule has 5 nitrogen and oxygen atoms in total. The van der Waals surface area contributed by atoms with E-state index in [0.29, 0.717) is 23.2 Å². The number of ether oxygens (including phenoxy) is 1. The minimum atomic E-state index is -0.401. The zero-order chi connectivity index (χ0) is 14.5. The maximum absolute atomic E-state index is 10.9. The van der Waals surface area contributed by atoms with Crippen LogP contribution in [0.25, 0.3) is 0 Å². The highest BCUT2D eigenvalue weighted by Gasteiger charge is 2.26. The zero-order valence-electron chi connectivity index (χ0n) is 10.9. The Balaban J connectivity index is 2.18. The number of amides is 1. The van der Waals surface area contributed by atoms with Crippen LogP contribution < -0.4 is 16.4 Å². The van der Waals surface area contributed by atoms with Gasteiger partial charge in [0.1, 0.15) is 0 Å². The maximum atomic E-state index is 10.9. The second kappa shape index (κ2) is 7.24. The summed E-state index contributed by atoms with van der Waals surface area (Å²) < 4.78 is 5.85. The Hall–Kier alpha value is -0.850. The van der Waals surface area contributed by atoms with Gasteiger partial charge in [-0.1, -0.05) is 29.3 Å². The second-order valence-corrected chi connectivity index (χ2v) is 5.44. The van der Waals surface area contributed by atoms with Gasteiger partial charge in [0.15, 0.2) is 0 Å². The minimum absolute atomic E-state index is 0.0674. The van der Waals surface area contributed by atoms with Crippen molar-refractivity contribution in [2.75, 3.05) is 26.2 Å². The summed E-state index contributed by atoms with van der Waals surface area (Å²) in [5.41, 5.74) is 6.10. The Morgan fingerprint density at radius 2 is 2.25 bits per heavy atom.